The molecule has 1 aromatic heterocycles. The highest BCUT2D eigenvalue weighted by Crippen LogP contribution is 2.45. The molecule has 0 radical (unpaired) electrons. The van der Waals surface area contributed by atoms with E-state index in [-0.39, 0.29) is 5.41 Å². The molecule has 8 saturated heterocycles. The van der Waals surface area contributed by atoms with Gasteiger partial charge >= 0.3 is 0 Å². The number of ether oxygens (including phenoxy) is 1. The van der Waals surface area contributed by atoms with Crippen LogP contribution in [0.2, 0.25) is 0 Å². The Kier molecular flexibility index (Phi) is 30.8. The number of hydrogen-bond donors (Lipinski definition) is 2. The number of pyridine rings is 1. The number of likely N-dealkylation sites (tertiary alicyclic amines) is 6. The topological polar surface area (TPSA) is 68.9 Å². The molecule has 6 unspecified atom stereocenters. The van der Waals surface area contributed by atoms with Gasteiger partial charge in [-0.3, -0.25) is 29.5 Å². The van der Waals surface area contributed by atoms with Crippen LogP contribution < -0.4 is 10.6 Å². The van der Waals surface area contributed by atoms with Crippen molar-refractivity contribution < 1.29 is 4.74 Å². The Morgan fingerprint density at radius 2 is 1.02 bits per heavy atom. The van der Waals surface area contributed by atoms with E-state index in [9.17, 15) is 0 Å². The molecule has 11 nitrogen and oxygen atoms in total. The van der Waals surface area contributed by atoms with Gasteiger partial charge in [-0.1, -0.05) is 71.4 Å². The lowest BCUT2D eigenvalue weighted by Gasteiger charge is -2.42. The fourth-order valence-electron chi connectivity index (χ4n) is 15.4. The summed E-state index contributed by atoms with van der Waals surface area (Å²) in [4.78, 5) is 22.3. The summed E-state index contributed by atoms with van der Waals surface area (Å²) in [6.07, 6.45) is 19.3. The van der Waals surface area contributed by atoms with E-state index < -0.39 is 0 Å². The molecule has 3 aromatic rings. The van der Waals surface area contributed by atoms with Gasteiger partial charge in [-0.15, -0.1) is 0 Å². The van der Waals surface area contributed by atoms with E-state index in [1.165, 1.54) is 183 Å². The third kappa shape index (κ3) is 26.4. The standard InChI is InChI=1S/C12H17N.C12H13N.C11H21N.C9H17NO.C9H19N.C8H18N2.C8H15N.2C7H15N/c1-12(2,3)10-4-5-11-9(8-10)6-7-13-11;1-9(2)10-5-3-7-12-11(10)6-4-8-13-12;1-11(2,3)12-7-9-4-5-10(6-9)8-12;1-9(2,3)10-5-8-4-7(10)6-11-8;1-9(2,3)10-7-5-4-6-8-10;1-8(2,3)10-6-4-9-5-7-10;1-6(2)9-4-7-3-8(7)5-9;1-7(2,3)8-5-4-6-8;1-7(2)8-5-3-4-6-8/h4-5,8,13H,6-7H2,1-3H3;3-9H,1-2H3;9-10H,4-8H2,1-3H3;7-8H,4-6H2,1-3H3;4-8H2,1-3H3;9H,4-7H2,1-3H3;6-8H,3-5H2,1-2H3;4-6H2,1-3H3;7H,3-6H2,1-2H3. The van der Waals surface area contributed by atoms with Gasteiger partial charge in [-0.05, 0) is 311 Å². The molecule has 0 amide bonds. The van der Waals surface area contributed by atoms with E-state index in [4.69, 9.17) is 4.74 Å². The first kappa shape index (κ1) is 80.3. The van der Waals surface area contributed by atoms with Crippen LogP contribution in [0.5, 0.6) is 0 Å². The Morgan fingerprint density at radius 3 is 1.43 bits per heavy atom. The molecule has 6 atom stereocenters. The van der Waals surface area contributed by atoms with E-state index in [0.717, 1.165) is 74.1 Å². The highest BCUT2D eigenvalue weighted by atomic mass is 16.5. The van der Waals surface area contributed by atoms with Crippen molar-refractivity contribution in [3.05, 3.63) is 71.4 Å². The van der Waals surface area contributed by atoms with Crippen molar-refractivity contribution in [3.8, 4) is 0 Å². The average Bonchev–Trinajstić information content (AvgIpc) is 1.65. The lowest BCUT2D eigenvalue weighted by atomic mass is 9.86. The van der Waals surface area contributed by atoms with Gasteiger partial charge in [-0.2, -0.15) is 0 Å². The number of hydrogen-bond acceptors (Lipinski definition) is 11. The summed E-state index contributed by atoms with van der Waals surface area (Å²) < 4.78 is 5.54. The van der Waals surface area contributed by atoms with Crippen LogP contribution >= 0.6 is 0 Å². The van der Waals surface area contributed by atoms with E-state index in [2.05, 4.69) is 259 Å². The summed E-state index contributed by atoms with van der Waals surface area (Å²) in [5.41, 5.74) is 8.93. The van der Waals surface area contributed by atoms with Crippen molar-refractivity contribution in [1.29, 1.82) is 0 Å². The van der Waals surface area contributed by atoms with Gasteiger partial charge in [-0.25, -0.2) is 0 Å². The van der Waals surface area contributed by atoms with Gasteiger partial charge in [0.2, 0.25) is 0 Å². The summed E-state index contributed by atoms with van der Waals surface area (Å²) in [6, 6.07) is 19.5. The van der Waals surface area contributed by atoms with Gasteiger partial charge in [0.05, 0.1) is 18.2 Å². The molecular weight excluding hydrogens is 1150 g/mol. The molecule has 2 N–H and O–H groups in total. The maximum Gasteiger partial charge on any atom is 0.0718 e. The van der Waals surface area contributed by atoms with Crippen LogP contribution in [0.3, 0.4) is 0 Å². The number of aromatic nitrogens is 1. The summed E-state index contributed by atoms with van der Waals surface area (Å²) in [5, 5.41) is 8.00. The maximum absolute atomic E-state index is 5.54. The number of benzene rings is 2. The smallest absolute Gasteiger partial charge is 0.0718 e. The van der Waals surface area contributed by atoms with E-state index >= 15 is 0 Å². The Labute approximate surface area is 581 Å². The molecule has 9 aliphatic heterocycles. The molecule has 10 heterocycles. The van der Waals surface area contributed by atoms with Crippen molar-refractivity contribution >= 4 is 16.6 Å². The second-order valence-electron chi connectivity index (χ2n) is 36.9. The monoisotopic (exact) mass is 1300 g/mol. The van der Waals surface area contributed by atoms with E-state index in [0.29, 0.717) is 45.8 Å². The number of nitrogens with one attached hydrogen (secondary N) is 2. The Hall–Kier alpha value is -2.71. The van der Waals surface area contributed by atoms with Crippen LogP contribution in [0, 0.1) is 23.7 Å². The van der Waals surface area contributed by atoms with Crippen molar-refractivity contribution in [3.63, 3.8) is 0 Å². The Balaban J connectivity index is 0.000000168. The lowest BCUT2D eigenvalue weighted by Crippen LogP contribution is -2.51. The van der Waals surface area contributed by atoms with Gasteiger partial charge in [0.15, 0.2) is 0 Å². The molecule has 4 bridgehead atoms. The van der Waals surface area contributed by atoms with Gasteiger partial charge in [0.1, 0.15) is 0 Å². The highest BCUT2D eigenvalue weighted by molar-refractivity contribution is 5.82. The van der Waals surface area contributed by atoms with Crippen LogP contribution in [0.25, 0.3) is 10.9 Å². The molecule has 14 rings (SSSR count). The summed E-state index contributed by atoms with van der Waals surface area (Å²) in [5.74, 6) is 4.83. The number of morpholine rings is 1. The minimum atomic E-state index is 0.275. The van der Waals surface area contributed by atoms with Crippen molar-refractivity contribution in [2.24, 2.45) is 23.7 Å². The number of piperazine rings is 1. The molecule has 11 heteroatoms. The van der Waals surface area contributed by atoms with E-state index in [1.807, 2.05) is 12.3 Å². The van der Waals surface area contributed by atoms with E-state index in [1.54, 1.807) is 0 Å². The molecule has 2 saturated carbocycles. The third-order valence-corrected chi connectivity index (χ3v) is 22.1. The van der Waals surface area contributed by atoms with Crippen LogP contribution in [0.1, 0.15) is 259 Å². The second kappa shape index (κ2) is 36.1. The Morgan fingerprint density at radius 1 is 0.489 bits per heavy atom. The number of anilines is 1. The maximum atomic E-state index is 5.54. The van der Waals surface area contributed by atoms with Crippen LogP contribution in [-0.2, 0) is 16.6 Å². The predicted octanol–water partition coefficient (Wildman–Crippen LogP) is 17.4. The molecule has 538 valence electrons. The third-order valence-electron chi connectivity index (χ3n) is 22.1. The van der Waals surface area contributed by atoms with Crippen LogP contribution in [-0.4, -0.2) is 203 Å². The molecule has 10 fully saturated rings. The predicted molar refractivity (Wildman–Crippen MR) is 409 cm³/mol. The average molecular weight is 1300 g/mol. The number of rotatable bonds is 3. The molecule has 11 aliphatic rings. The molecule has 94 heavy (non-hydrogen) atoms. The Bertz CT molecular complexity index is 2550. The zero-order valence-electron chi connectivity index (χ0n) is 65.9. The minimum absolute atomic E-state index is 0.275. The lowest BCUT2D eigenvalue weighted by molar-refractivity contribution is -0.00804. The first-order chi connectivity index (χ1) is 43.9. The zero-order valence-corrected chi connectivity index (χ0v) is 65.9. The quantitative estimate of drug-likeness (QED) is 0.264. The summed E-state index contributed by atoms with van der Waals surface area (Å²) >= 11 is 0. The first-order valence-electron chi connectivity index (χ1n) is 38.7. The van der Waals surface area contributed by atoms with Gasteiger partial charge in [0.25, 0.3) is 0 Å². The second-order valence-corrected chi connectivity index (χ2v) is 36.9. The summed E-state index contributed by atoms with van der Waals surface area (Å²) in [7, 11) is 0. The van der Waals surface area contributed by atoms with Crippen molar-refractivity contribution in [1.82, 2.24) is 44.6 Å². The van der Waals surface area contributed by atoms with Gasteiger partial charge in [0, 0.05) is 129 Å². The number of nitrogens with zero attached hydrogens (tertiary/aromatic N) is 8. The highest BCUT2D eigenvalue weighted by Gasteiger charge is 2.46. The van der Waals surface area contributed by atoms with Crippen molar-refractivity contribution in [2.45, 2.75) is 306 Å². The molecule has 2 aromatic carbocycles. The fourth-order valence-corrected chi connectivity index (χ4v) is 15.4. The van der Waals surface area contributed by atoms with Crippen LogP contribution in [0.15, 0.2) is 54.7 Å². The summed E-state index contributed by atoms with van der Waals surface area (Å²) in [6.45, 7) is 76.1. The zero-order chi connectivity index (χ0) is 69.4. The van der Waals surface area contributed by atoms with Gasteiger partial charge < -0.3 is 25.2 Å². The van der Waals surface area contributed by atoms with Crippen molar-refractivity contribution in [2.75, 3.05) is 117 Å². The minimum Gasteiger partial charge on any atom is -0.384 e. The number of piperidine rings is 3. The van der Waals surface area contributed by atoms with Crippen LogP contribution in [0.4, 0.5) is 5.69 Å². The molecular formula is C83H150N10O. The first-order valence-corrected chi connectivity index (χ1v) is 38.7. The fraction of sp³-hybridized carbons (Fsp3) is 0.819. The normalized spacial score (nSPS) is 25.7. The number of fused-ring (bicyclic) bond motifs is 7. The molecule has 0 spiro atoms. The SMILES string of the molecule is CC(C)(C)N1CC2CC1CO2.CC(C)(C)N1CC2CCC(C2)C1.CC(C)(C)N1CCC1.CC(C)(C)N1CCCCC1.CC(C)(C)N1CCNCC1.CC(C)(C)c1ccc2c(c1)CCN2.CC(C)N1CC2CC2C1.CC(C)N1CCCC1.CC(C)c1cccc2ncccc12. The molecule has 2 aliphatic carbocycles. The largest absolute Gasteiger partial charge is 0.384 e.